The Labute approximate surface area is 121 Å². The molecule has 4 heteroatoms. The number of hydrogen-bond donors (Lipinski definition) is 1. The Balaban J connectivity index is 2.38. The Kier molecular flexibility index (Phi) is 4.89. The highest BCUT2D eigenvalue weighted by Gasteiger charge is 2.45. The summed E-state index contributed by atoms with van der Waals surface area (Å²) in [5.74, 6) is 1.63. The third-order valence-corrected chi connectivity index (χ3v) is 4.25. The summed E-state index contributed by atoms with van der Waals surface area (Å²) in [6, 6.07) is 6.19. The normalized spacial score (nSPS) is 18.2. The summed E-state index contributed by atoms with van der Waals surface area (Å²) in [4.78, 5) is 0. The lowest BCUT2D eigenvalue weighted by Gasteiger charge is -2.47. The van der Waals surface area contributed by atoms with Gasteiger partial charge in [-0.15, -0.1) is 0 Å². The molecular formula is C16H25NO3. The van der Waals surface area contributed by atoms with Crippen molar-refractivity contribution in [1.29, 1.82) is 0 Å². The molecule has 0 saturated heterocycles. The molecule has 4 nitrogen and oxygen atoms in total. The molecule has 0 aromatic heterocycles. The average Bonchev–Trinajstić information content (AvgIpc) is 2.45. The van der Waals surface area contributed by atoms with Crippen LogP contribution in [0, 0.1) is 0 Å². The second-order valence-corrected chi connectivity index (χ2v) is 5.26. The second-order valence-electron chi connectivity index (χ2n) is 5.26. The zero-order chi connectivity index (χ0) is 14.6. The SMILES string of the molecule is CCNC(c1cc(OC)cc(OC)c1)C1(OC)CCC1. The molecule has 0 amide bonds. The van der Waals surface area contributed by atoms with Crippen molar-refractivity contribution in [2.45, 2.75) is 37.8 Å². The van der Waals surface area contributed by atoms with Crippen molar-refractivity contribution >= 4 is 0 Å². The smallest absolute Gasteiger partial charge is 0.122 e. The van der Waals surface area contributed by atoms with Crippen LogP contribution in [-0.4, -0.2) is 33.5 Å². The molecule has 1 fully saturated rings. The predicted molar refractivity (Wildman–Crippen MR) is 79.6 cm³/mol. The highest BCUT2D eigenvalue weighted by molar-refractivity contribution is 5.41. The van der Waals surface area contributed by atoms with E-state index in [9.17, 15) is 0 Å². The second kappa shape index (κ2) is 6.46. The van der Waals surface area contributed by atoms with Gasteiger partial charge < -0.3 is 19.5 Å². The van der Waals surface area contributed by atoms with Crippen molar-refractivity contribution in [3.63, 3.8) is 0 Å². The van der Waals surface area contributed by atoms with E-state index >= 15 is 0 Å². The molecule has 1 atom stereocenters. The Morgan fingerprint density at radius 3 is 2.05 bits per heavy atom. The molecule has 20 heavy (non-hydrogen) atoms. The number of rotatable bonds is 7. The van der Waals surface area contributed by atoms with E-state index in [1.165, 1.54) is 6.42 Å². The van der Waals surface area contributed by atoms with E-state index in [1.807, 2.05) is 6.07 Å². The third-order valence-electron chi connectivity index (χ3n) is 4.25. The molecule has 1 aromatic rings. The average molecular weight is 279 g/mol. The number of ether oxygens (including phenoxy) is 3. The highest BCUT2D eigenvalue weighted by Crippen LogP contribution is 2.45. The summed E-state index contributed by atoms with van der Waals surface area (Å²) >= 11 is 0. The lowest BCUT2D eigenvalue weighted by atomic mass is 9.72. The topological polar surface area (TPSA) is 39.7 Å². The van der Waals surface area contributed by atoms with Crippen LogP contribution < -0.4 is 14.8 Å². The first-order valence-corrected chi connectivity index (χ1v) is 7.20. The molecule has 0 bridgehead atoms. The zero-order valence-electron chi connectivity index (χ0n) is 12.9. The standard InChI is InChI=1S/C16H25NO3/c1-5-17-15(16(20-4)7-6-8-16)12-9-13(18-2)11-14(10-12)19-3/h9-11,15,17H,5-8H2,1-4H3. The van der Waals surface area contributed by atoms with Gasteiger partial charge in [0, 0.05) is 13.2 Å². The Bertz CT molecular complexity index is 416. The molecule has 0 radical (unpaired) electrons. The van der Waals surface area contributed by atoms with Crippen LogP contribution >= 0.6 is 0 Å². The van der Waals surface area contributed by atoms with Crippen LogP contribution in [0.2, 0.25) is 0 Å². The number of nitrogens with one attached hydrogen (secondary N) is 1. The molecule has 1 aromatic carbocycles. The van der Waals surface area contributed by atoms with Crippen molar-refractivity contribution in [3.8, 4) is 11.5 Å². The largest absolute Gasteiger partial charge is 0.497 e. The monoisotopic (exact) mass is 279 g/mol. The van der Waals surface area contributed by atoms with Gasteiger partial charge in [0.15, 0.2) is 0 Å². The third kappa shape index (κ3) is 2.76. The summed E-state index contributed by atoms with van der Waals surface area (Å²) in [6.07, 6.45) is 3.39. The van der Waals surface area contributed by atoms with Crippen LogP contribution in [0.15, 0.2) is 18.2 Å². The number of methoxy groups -OCH3 is 3. The van der Waals surface area contributed by atoms with E-state index in [1.54, 1.807) is 21.3 Å². The fourth-order valence-electron chi connectivity index (χ4n) is 2.94. The molecule has 1 aliphatic carbocycles. The predicted octanol–water partition coefficient (Wildman–Crippen LogP) is 2.92. The number of hydrogen-bond acceptors (Lipinski definition) is 4. The van der Waals surface area contributed by atoms with Gasteiger partial charge >= 0.3 is 0 Å². The molecular weight excluding hydrogens is 254 g/mol. The fraction of sp³-hybridized carbons (Fsp3) is 0.625. The van der Waals surface area contributed by atoms with Crippen LogP contribution in [-0.2, 0) is 4.74 Å². The molecule has 1 saturated carbocycles. The first-order valence-electron chi connectivity index (χ1n) is 7.20. The van der Waals surface area contributed by atoms with Crippen LogP contribution in [0.3, 0.4) is 0 Å². The van der Waals surface area contributed by atoms with Gasteiger partial charge in [-0.3, -0.25) is 0 Å². The molecule has 1 unspecified atom stereocenters. The summed E-state index contributed by atoms with van der Waals surface area (Å²) in [5, 5.41) is 3.56. The fourth-order valence-corrected chi connectivity index (χ4v) is 2.94. The summed E-state index contributed by atoms with van der Waals surface area (Å²) in [5.41, 5.74) is 1.05. The Hall–Kier alpha value is -1.26. The van der Waals surface area contributed by atoms with E-state index in [0.29, 0.717) is 0 Å². The first kappa shape index (κ1) is 15.1. The van der Waals surface area contributed by atoms with Gasteiger partial charge in [-0.25, -0.2) is 0 Å². The van der Waals surface area contributed by atoms with E-state index in [4.69, 9.17) is 14.2 Å². The molecule has 1 aliphatic rings. The number of benzene rings is 1. The van der Waals surface area contributed by atoms with Crippen molar-refractivity contribution in [3.05, 3.63) is 23.8 Å². The van der Waals surface area contributed by atoms with Gasteiger partial charge in [0.2, 0.25) is 0 Å². The lowest BCUT2D eigenvalue weighted by molar-refractivity contribution is -0.0995. The maximum Gasteiger partial charge on any atom is 0.122 e. The molecule has 2 rings (SSSR count). The van der Waals surface area contributed by atoms with Crippen molar-refractivity contribution < 1.29 is 14.2 Å². The molecule has 112 valence electrons. The Morgan fingerprint density at radius 2 is 1.70 bits per heavy atom. The molecule has 0 aliphatic heterocycles. The molecule has 0 spiro atoms. The molecule has 1 N–H and O–H groups in total. The van der Waals surface area contributed by atoms with E-state index in [-0.39, 0.29) is 11.6 Å². The minimum Gasteiger partial charge on any atom is -0.497 e. The van der Waals surface area contributed by atoms with Crippen LogP contribution in [0.4, 0.5) is 0 Å². The van der Waals surface area contributed by atoms with Gasteiger partial charge in [-0.2, -0.15) is 0 Å². The minimum atomic E-state index is -0.104. The summed E-state index contributed by atoms with van der Waals surface area (Å²) in [6.45, 7) is 3.02. The molecule has 0 heterocycles. The minimum absolute atomic E-state index is 0.104. The summed E-state index contributed by atoms with van der Waals surface area (Å²) in [7, 11) is 5.16. The quantitative estimate of drug-likeness (QED) is 0.833. The maximum absolute atomic E-state index is 5.85. The van der Waals surface area contributed by atoms with Crippen molar-refractivity contribution in [1.82, 2.24) is 5.32 Å². The maximum atomic E-state index is 5.85. The van der Waals surface area contributed by atoms with Gasteiger partial charge in [0.05, 0.1) is 25.9 Å². The van der Waals surface area contributed by atoms with E-state index in [2.05, 4.69) is 24.4 Å². The summed E-state index contributed by atoms with van der Waals surface area (Å²) < 4.78 is 16.6. The van der Waals surface area contributed by atoms with Crippen molar-refractivity contribution in [2.24, 2.45) is 0 Å². The Morgan fingerprint density at radius 1 is 1.10 bits per heavy atom. The van der Waals surface area contributed by atoms with Crippen LogP contribution in [0.5, 0.6) is 11.5 Å². The van der Waals surface area contributed by atoms with Crippen LogP contribution in [0.25, 0.3) is 0 Å². The van der Waals surface area contributed by atoms with Gasteiger partial charge in [0.1, 0.15) is 11.5 Å². The first-order chi connectivity index (χ1) is 9.69. The van der Waals surface area contributed by atoms with Crippen molar-refractivity contribution in [2.75, 3.05) is 27.9 Å². The van der Waals surface area contributed by atoms with E-state index < -0.39 is 0 Å². The van der Waals surface area contributed by atoms with E-state index in [0.717, 1.165) is 36.4 Å². The van der Waals surface area contributed by atoms with Crippen LogP contribution in [0.1, 0.15) is 37.8 Å². The zero-order valence-corrected chi connectivity index (χ0v) is 12.9. The van der Waals surface area contributed by atoms with Gasteiger partial charge in [0.25, 0.3) is 0 Å². The van der Waals surface area contributed by atoms with Gasteiger partial charge in [-0.1, -0.05) is 6.92 Å². The number of likely N-dealkylation sites (N-methyl/N-ethyl adjacent to an activating group) is 1. The lowest BCUT2D eigenvalue weighted by Crippen LogP contribution is -2.50. The van der Waals surface area contributed by atoms with Gasteiger partial charge in [-0.05, 0) is 43.5 Å². The highest BCUT2D eigenvalue weighted by atomic mass is 16.5.